The molecule has 6 rings (SSSR count). The van der Waals surface area contributed by atoms with Crippen LogP contribution in [0.5, 0.6) is 0 Å². The Hall–Kier alpha value is -4.43. The zero-order valence-electron chi connectivity index (χ0n) is 22.1. The minimum atomic E-state index is -0.344. The third kappa shape index (κ3) is 5.22. The van der Waals surface area contributed by atoms with Crippen molar-refractivity contribution in [2.75, 3.05) is 11.9 Å². The van der Waals surface area contributed by atoms with Crippen molar-refractivity contribution < 1.29 is 13.6 Å². The van der Waals surface area contributed by atoms with Crippen LogP contribution in [0.4, 0.5) is 14.6 Å². The molecule has 0 fully saturated rings. The first-order valence-corrected chi connectivity index (χ1v) is 13.3. The number of nitrogens with one attached hydrogen (secondary N) is 1. The monoisotopic (exact) mass is 537 g/mol. The number of hydrogen-bond donors (Lipinski definition) is 1. The molecule has 1 atom stereocenters. The van der Waals surface area contributed by atoms with Crippen molar-refractivity contribution in [1.82, 2.24) is 19.7 Å². The van der Waals surface area contributed by atoms with Crippen molar-refractivity contribution in [2.24, 2.45) is 0 Å². The number of carbonyl (C=O) groups is 1. The summed E-state index contributed by atoms with van der Waals surface area (Å²) in [7, 11) is 0. The molecule has 1 aliphatic carbocycles. The Balaban J connectivity index is 1.35. The molecule has 8 heteroatoms. The molecule has 1 amide bonds. The lowest BCUT2D eigenvalue weighted by molar-refractivity contribution is -0.115. The van der Waals surface area contributed by atoms with E-state index in [1.165, 1.54) is 24.3 Å². The van der Waals surface area contributed by atoms with Crippen LogP contribution < -0.4 is 5.32 Å². The topological polar surface area (TPSA) is 63.1 Å². The van der Waals surface area contributed by atoms with Crippen LogP contribution in [-0.4, -0.2) is 37.7 Å². The van der Waals surface area contributed by atoms with Crippen molar-refractivity contribution in [3.8, 4) is 22.4 Å². The summed E-state index contributed by atoms with van der Waals surface area (Å²) >= 11 is 0. The highest BCUT2D eigenvalue weighted by molar-refractivity contribution is 5.92. The van der Waals surface area contributed by atoms with E-state index in [4.69, 9.17) is 5.10 Å². The van der Waals surface area contributed by atoms with Gasteiger partial charge in [-0.25, -0.2) is 13.8 Å². The van der Waals surface area contributed by atoms with Gasteiger partial charge in [0, 0.05) is 36.0 Å². The molecule has 6 nitrogen and oxygen atoms in total. The minimum absolute atomic E-state index is 0.102. The zero-order valence-corrected chi connectivity index (χ0v) is 22.1. The summed E-state index contributed by atoms with van der Waals surface area (Å²) < 4.78 is 29.1. The molecule has 0 bridgehead atoms. The van der Waals surface area contributed by atoms with Crippen molar-refractivity contribution in [1.29, 1.82) is 0 Å². The summed E-state index contributed by atoms with van der Waals surface area (Å²) in [5.41, 5.74) is 5.04. The van der Waals surface area contributed by atoms with E-state index in [0.29, 0.717) is 17.9 Å². The predicted octanol–water partition coefficient (Wildman–Crippen LogP) is 6.16. The highest BCUT2D eigenvalue weighted by Gasteiger charge is 2.34. The van der Waals surface area contributed by atoms with Gasteiger partial charge in [0.2, 0.25) is 5.91 Å². The Bertz CT molecular complexity index is 1610. The third-order valence-electron chi connectivity index (χ3n) is 7.65. The van der Waals surface area contributed by atoms with Crippen LogP contribution in [-0.2, 0) is 24.3 Å². The van der Waals surface area contributed by atoms with E-state index in [-0.39, 0.29) is 29.5 Å². The summed E-state index contributed by atoms with van der Waals surface area (Å²) in [6.45, 7) is 4.52. The Labute approximate surface area is 231 Å². The Morgan fingerprint density at radius 1 is 0.975 bits per heavy atom. The number of amides is 1. The van der Waals surface area contributed by atoms with Crippen LogP contribution in [0.2, 0.25) is 0 Å². The van der Waals surface area contributed by atoms with Gasteiger partial charge in [0.1, 0.15) is 23.1 Å². The Morgan fingerprint density at radius 3 is 2.45 bits per heavy atom. The number of hydrogen-bond acceptors (Lipinski definition) is 4. The van der Waals surface area contributed by atoms with Crippen LogP contribution in [0.3, 0.4) is 0 Å². The van der Waals surface area contributed by atoms with Crippen LogP contribution in [0.25, 0.3) is 22.4 Å². The van der Waals surface area contributed by atoms with E-state index in [9.17, 15) is 13.6 Å². The van der Waals surface area contributed by atoms with E-state index in [1.54, 1.807) is 30.5 Å². The van der Waals surface area contributed by atoms with Crippen molar-refractivity contribution in [3.63, 3.8) is 0 Å². The smallest absolute Gasteiger partial charge is 0.229 e. The van der Waals surface area contributed by atoms with Gasteiger partial charge in [-0.05, 0) is 73.0 Å². The molecule has 2 aromatic heterocycles. The molecule has 2 aliphatic rings. The van der Waals surface area contributed by atoms with E-state index in [0.717, 1.165) is 47.6 Å². The van der Waals surface area contributed by atoms with E-state index < -0.39 is 0 Å². The fourth-order valence-electron chi connectivity index (χ4n) is 5.45. The lowest BCUT2D eigenvalue weighted by atomic mass is 9.90. The molecule has 2 aromatic carbocycles. The van der Waals surface area contributed by atoms with Crippen molar-refractivity contribution in [2.45, 2.75) is 38.4 Å². The first-order chi connectivity index (χ1) is 19.4. The molecule has 1 N–H and O–H groups in total. The maximum atomic E-state index is 13.8. The molecule has 0 saturated heterocycles. The van der Waals surface area contributed by atoms with Crippen LogP contribution >= 0.6 is 0 Å². The number of fused-ring (bicyclic) bond motifs is 1. The van der Waals surface area contributed by atoms with Gasteiger partial charge in [-0.15, -0.1) is 0 Å². The number of aromatic nitrogens is 3. The number of nitrogens with zero attached hydrogens (tertiary/aromatic N) is 4. The molecule has 3 heterocycles. The van der Waals surface area contributed by atoms with Crippen molar-refractivity contribution >= 4 is 11.7 Å². The summed E-state index contributed by atoms with van der Waals surface area (Å²) in [5, 5.41) is 7.85. The molecule has 0 radical (unpaired) electrons. The number of halogens is 2. The standard InChI is InChI=1S/C32H29F2N5O/c1-32(14-3-2-4-15-32)38-17-18-39-27(21-38)30(31(37-39)23-7-11-26(34)12-8-23)24-13-16-35-28(20-24)36-29(40)19-22-5-9-25(33)10-6-22/h2-14,16,20H,15,17-19,21H2,1H3,(H,35,36,40). The fraction of sp³-hybridized carbons (Fsp3) is 0.219. The van der Waals surface area contributed by atoms with Crippen LogP contribution in [0, 0.1) is 11.6 Å². The molecular formula is C32H29F2N5O. The molecular weight excluding hydrogens is 508 g/mol. The van der Waals surface area contributed by atoms with Gasteiger partial charge in [-0.1, -0.05) is 36.4 Å². The lowest BCUT2D eigenvalue weighted by Gasteiger charge is -2.42. The summed E-state index contributed by atoms with van der Waals surface area (Å²) in [5.74, 6) is -0.484. The van der Waals surface area contributed by atoms with Gasteiger partial charge < -0.3 is 5.32 Å². The second-order valence-electron chi connectivity index (χ2n) is 10.5. The quantitative estimate of drug-likeness (QED) is 0.320. The average Bonchev–Trinajstić information content (AvgIpc) is 3.34. The highest BCUT2D eigenvalue weighted by atomic mass is 19.1. The van der Waals surface area contributed by atoms with Gasteiger partial charge in [-0.3, -0.25) is 14.4 Å². The van der Waals surface area contributed by atoms with Gasteiger partial charge >= 0.3 is 0 Å². The fourth-order valence-corrected chi connectivity index (χ4v) is 5.45. The molecule has 1 unspecified atom stereocenters. The van der Waals surface area contributed by atoms with Gasteiger partial charge in [0.25, 0.3) is 0 Å². The number of allylic oxidation sites excluding steroid dienone is 2. The average molecular weight is 538 g/mol. The highest BCUT2D eigenvalue weighted by Crippen LogP contribution is 2.39. The number of anilines is 1. The van der Waals surface area contributed by atoms with Crippen LogP contribution in [0.15, 0.2) is 91.2 Å². The maximum Gasteiger partial charge on any atom is 0.229 e. The minimum Gasteiger partial charge on any atom is -0.310 e. The molecule has 4 aromatic rings. The summed E-state index contributed by atoms with van der Waals surface area (Å²) in [6.07, 6.45) is 11.3. The first-order valence-electron chi connectivity index (χ1n) is 13.3. The molecule has 1 aliphatic heterocycles. The Kier molecular flexibility index (Phi) is 6.86. The predicted molar refractivity (Wildman–Crippen MR) is 151 cm³/mol. The summed E-state index contributed by atoms with van der Waals surface area (Å²) in [4.78, 5) is 19.6. The third-order valence-corrected chi connectivity index (χ3v) is 7.65. The lowest BCUT2D eigenvalue weighted by Crippen LogP contribution is -2.48. The van der Waals surface area contributed by atoms with Crippen LogP contribution in [0.1, 0.15) is 24.6 Å². The molecule has 40 heavy (non-hydrogen) atoms. The number of rotatable bonds is 6. The SMILES string of the molecule is CC1(N2CCn3nc(-c4ccc(F)cc4)c(-c4ccnc(NC(=O)Cc5ccc(F)cc5)c4)c3C2)C=CC=CC1. The number of benzene rings is 2. The maximum absolute atomic E-state index is 13.8. The molecule has 202 valence electrons. The van der Waals surface area contributed by atoms with E-state index in [2.05, 4.69) is 46.4 Å². The Morgan fingerprint density at radius 2 is 1.73 bits per heavy atom. The number of pyridine rings is 1. The van der Waals surface area contributed by atoms with Gasteiger partial charge in [0.15, 0.2) is 0 Å². The first kappa shape index (κ1) is 25.8. The zero-order chi connectivity index (χ0) is 27.7. The molecule has 0 spiro atoms. The van der Waals surface area contributed by atoms with E-state index >= 15 is 0 Å². The van der Waals surface area contributed by atoms with Gasteiger partial charge in [0.05, 0.1) is 18.7 Å². The largest absolute Gasteiger partial charge is 0.310 e. The van der Waals surface area contributed by atoms with E-state index in [1.807, 2.05) is 16.8 Å². The molecule has 0 saturated carbocycles. The second kappa shape index (κ2) is 10.6. The van der Waals surface area contributed by atoms with Gasteiger partial charge in [-0.2, -0.15) is 5.10 Å². The second-order valence-corrected chi connectivity index (χ2v) is 10.5. The normalized spacial score (nSPS) is 18.5. The van der Waals surface area contributed by atoms with Crippen molar-refractivity contribution in [3.05, 3.63) is 114 Å². The summed E-state index contributed by atoms with van der Waals surface area (Å²) in [6, 6.07) is 16.0. The number of carbonyl (C=O) groups excluding carboxylic acids is 1.